The highest BCUT2D eigenvalue weighted by Crippen LogP contribution is 2.51. The van der Waals surface area contributed by atoms with E-state index in [0.717, 1.165) is 67.5 Å². The van der Waals surface area contributed by atoms with Gasteiger partial charge in [0.1, 0.15) is 12.4 Å². The van der Waals surface area contributed by atoms with Gasteiger partial charge in [-0.1, -0.05) is 25.1 Å². The molecule has 5 rings (SSSR count). The van der Waals surface area contributed by atoms with Crippen LogP contribution in [0.3, 0.4) is 0 Å². The highest BCUT2D eigenvalue weighted by Gasteiger charge is 2.47. The van der Waals surface area contributed by atoms with E-state index >= 15 is 0 Å². The van der Waals surface area contributed by atoms with Crippen molar-refractivity contribution in [2.75, 3.05) is 49.7 Å². The Balaban J connectivity index is 1.43. The van der Waals surface area contributed by atoms with Gasteiger partial charge in [-0.3, -0.25) is 14.5 Å². The molecule has 10 heteroatoms. The zero-order valence-corrected chi connectivity index (χ0v) is 25.5. The van der Waals surface area contributed by atoms with E-state index < -0.39 is 28.6 Å². The lowest BCUT2D eigenvalue weighted by Crippen LogP contribution is -2.55. The van der Waals surface area contributed by atoms with Gasteiger partial charge in [0.2, 0.25) is 5.91 Å². The molecule has 0 spiro atoms. The van der Waals surface area contributed by atoms with Crippen molar-refractivity contribution in [2.24, 2.45) is 0 Å². The molecule has 1 fully saturated rings. The number of hydrogen-bond donors (Lipinski definition) is 1. The van der Waals surface area contributed by atoms with E-state index in [2.05, 4.69) is 17.1 Å². The van der Waals surface area contributed by atoms with Crippen molar-refractivity contribution in [3.05, 3.63) is 89.0 Å². The lowest BCUT2D eigenvalue weighted by atomic mass is 9.65. The number of morpholine rings is 1. The van der Waals surface area contributed by atoms with E-state index in [0.29, 0.717) is 18.7 Å². The third kappa shape index (κ3) is 6.61. The van der Waals surface area contributed by atoms with Gasteiger partial charge in [-0.15, -0.1) is 0 Å². The van der Waals surface area contributed by atoms with Crippen molar-refractivity contribution in [1.29, 1.82) is 0 Å². The van der Waals surface area contributed by atoms with Crippen LogP contribution in [0, 0.1) is 0 Å². The number of alkyl halides is 3. The average molecular weight is 610 g/mol. The van der Waals surface area contributed by atoms with Gasteiger partial charge in [-0.2, -0.15) is 13.2 Å². The Kier molecular flexibility index (Phi) is 8.77. The quantitative estimate of drug-likeness (QED) is 0.331. The zero-order valence-electron chi connectivity index (χ0n) is 25.5. The largest absolute Gasteiger partial charge is 0.492 e. The number of rotatable bonds is 7. The first-order chi connectivity index (χ1) is 20.8. The van der Waals surface area contributed by atoms with Crippen molar-refractivity contribution >= 4 is 23.2 Å². The molecule has 0 aromatic heterocycles. The number of hydrogen-bond acceptors (Lipinski definition) is 5. The maximum atomic E-state index is 13.2. The molecule has 0 bridgehead atoms. The van der Waals surface area contributed by atoms with Crippen LogP contribution in [0.5, 0.6) is 5.75 Å². The van der Waals surface area contributed by atoms with Crippen molar-refractivity contribution in [3.63, 3.8) is 0 Å². The molecule has 1 unspecified atom stereocenters. The predicted molar refractivity (Wildman–Crippen MR) is 163 cm³/mol. The molecule has 2 aliphatic heterocycles. The number of amides is 2. The molecule has 7 nitrogen and oxygen atoms in total. The van der Waals surface area contributed by atoms with E-state index in [1.807, 2.05) is 44.2 Å². The highest BCUT2D eigenvalue weighted by molar-refractivity contribution is 6.05. The molecule has 2 amide bonds. The van der Waals surface area contributed by atoms with E-state index in [-0.39, 0.29) is 11.5 Å². The van der Waals surface area contributed by atoms with Crippen molar-refractivity contribution in [3.8, 4) is 5.75 Å². The Morgan fingerprint density at radius 3 is 2.34 bits per heavy atom. The van der Waals surface area contributed by atoms with Gasteiger partial charge < -0.3 is 19.7 Å². The number of nitrogens with one attached hydrogen (secondary N) is 1. The van der Waals surface area contributed by atoms with Crippen LogP contribution in [0.1, 0.15) is 61.2 Å². The lowest BCUT2D eigenvalue weighted by Gasteiger charge is -2.51. The second-order valence-electron chi connectivity index (χ2n) is 12.3. The molecule has 0 radical (unpaired) electrons. The molecule has 0 saturated carbocycles. The first kappa shape index (κ1) is 31.5. The molecular weight excluding hydrogens is 571 g/mol. The summed E-state index contributed by atoms with van der Waals surface area (Å²) in [6.45, 7) is 12.4. The second kappa shape index (κ2) is 12.2. The average Bonchev–Trinajstić information content (AvgIpc) is 2.97. The molecule has 3 aromatic carbocycles. The van der Waals surface area contributed by atoms with Crippen LogP contribution in [0.25, 0.3) is 0 Å². The SMILES string of the molecule is CC(=O)N1c2ccc(NC(=O)c3cccc(C(F)(F)F)c3)cc2C(C)(c2ccc(OCCN3CCOCC3)cc2)CC1(C)C. The number of nitrogens with zero attached hydrogens (tertiary/aromatic N) is 2. The first-order valence-corrected chi connectivity index (χ1v) is 14.8. The Labute approximate surface area is 255 Å². The maximum Gasteiger partial charge on any atom is 0.416 e. The summed E-state index contributed by atoms with van der Waals surface area (Å²) < 4.78 is 51.2. The fourth-order valence-electron chi connectivity index (χ4n) is 6.55. The highest BCUT2D eigenvalue weighted by atomic mass is 19.4. The number of anilines is 2. The summed E-state index contributed by atoms with van der Waals surface area (Å²) in [5.41, 5.74) is 0.902. The van der Waals surface area contributed by atoms with Crippen molar-refractivity contribution in [2.45, 2.75) is 51.2 Å². The standard InChI is InChI=1S/C34H38F3N3O4/c1-23(41)40-30-13-10-27(38-31(42)24-6-5-7-26(20-24)34(35,36)37)21-29(30)33(4,22-32(40,2)3)25-8-11-28(12-9-25)44-19-16-39-14-17-43-18-15-39/h5-13,20-21H,14-19,22H2,1-4H3,(H,38,42). The summed E-state index contributed by atoms with van der Waals surface area (Å²) in [4.78, 5) is 30.0. The van der Waals surface area contributed by atoms with Crippen LogP contribution in [-0.2, 0) is 21.1 Å². The first-order valence-electron chi connectivity index (χ1n) is 14.8. The predicted octanol–water partition coefficient (Wildman–Crippen LogP) is 6.51. The second-order valence-corrected chi connectivity index (χ2v) is 12.3. The van der Waals surface area contributed by atoms with Crippen LogP contribution in [0.15, 0.2) is 66.7 Å². The Morgan fingerprint density at radius 1 is 0.977 bits per heavy atom. The topological polar surface area (TPSA) is 71.1 Å². The van der Waals surface area contributed by atoms with E-state index in [1.54, 1.807) is 17.0 Å². The van der Waals surface area contributed by atoms with E-state index in [9.17, 15) is 22.8 Å². The normalized spacial score (nSPS) is 20.1. The van der Waals surface area contributed by atoms with Gasteiger partial charge in [0.05, 0.1) is 18.8 Å². The van der Waals surface area contributed by atoms with Gasteiger partial charge in [0.15, 0.2) is 0 Å². The van der Waals surface area contributed by atoms with Crippen LogP contribution in [0.2, 0.25) is 0 Å². The maximum absolute atomic E-state index is 13.2. The number of benzene rings is 3. The summed E-state index contributed by atoms with van der Waals surface area (Å²) in [7, 11) is 0. The third-order valence-corrected chi connectivity index (χ3v) is 8.52. The molecule has 1 saturated heterocycles. The molecule has 2 aliphatic rings. The monoisotopic (exact) mass is 609 g/mol. The number of fused-ring (bicyclic) bond motifs is 1. The van der Waals surface area contributed by atoms with Crippen LogP contribution >= 0.6 is 0 Å². The zero-order chi connectivity index (χ0) is 31.7. The minimum atomic E-state index is -4.56. The van der Waals surface area contributed by atoms with E-state index in [4.69, 9.17) is 9.47 Å². The number of carbonyl (C=O) groups excluding carboxylic acids is 2. The molecule has 3 aromatic rings. The summed E-state index contributed by atoms with van der Waals surface area (Å²) in [5, 5.41) is 2.76. The van der Waals surface area contributed by atoms with Crippen molar-refractivity contribution < 1.29 is 32.2 Å². The minimum Gasteiger partial charge on any atom is -0.492 e. The molecule has 234 valence electrons. The van der Waals surface area contributed by atoms with Gasteiger partial charge >= 0.3 is 6.18 Å². The Hall–Kier alpha value is -3.89. The summed E-state index contributed by atoms with van der Waals surface area (Å²) in [6.07, 6.45) is -3.97. The number of halogens is 3. The summed E-state index contributed by atoms with van der Waals surface area (Å²) in [5.74, 6) is -0.00710. The molecule has 1 N–H and O–H groups in total. The lowest BCUT2D eigenvalue weighted by molar-refractivity contribution is -0.137. The van der Waals surface area contributed by atoms with Crippen LogP contribution in [0.4, 0.5) is 24.5 Å². The third-order valence-electron chi connectivity index (χ3n) is 8.52. The van der Waals surface area contributed by atoms with Crippen LogP contribution in [-0.4, -0.2) is 61.7 Å². The number of ether oxygens (including phenoxy) is 2. The van der Waals surface area contributed by atoms with Gasteiger partial charge in [0.25, 0.3) is 5.91 Å². The van der Waals surface area contributed by atoms with Crippen LogP contribution < -0.4 is 15.0 Å². The fraction of sp³-hybridized carbons (Fsp3) is 0.412. The summed E-state index contributed by atoms with van der Waals surface area (Å²) in [6, 6.07) is 17.6. The molecular formula is C34H38F3N3O4. The Bertz CT molecular complexity index is 1520. The van der Waals surface area contributed by atoms with Gasteiger partial charge in [-0.25, -0.2) is 0 Å². The number of carbonyl (C=O) groups is 2. The molecule has 44 heavy (non-hydrogen) atoms. The van der Waals surface area contributed by atoms with Gasteiger partial charge in [-0.05, 0) is 79.9 Å². The Morgan fingerprint density at radius 2 is 1.68 bits per heavy atom. The van der Waals surface area contributed by atoms with E-state index in [1.165, 1.54) is 19.1 Å². The fourth-order valence-corrected chi connectivity index (χ4v) is 6.55. The minimum absolute atomic E-state index is 0.101. The van der Waals surface area contributed by atoms with Gasteiger partial charge in [0, 0.05) is 54.5 Å². The molecule has 0 aliphatic carbocycles. The van der Waals surface area contributed by atoms with Crippen molar-refractivity contribution in [1.82, 2.24) is 4.90 Å². The smallest absolute Gasteiger partial charge is 0.416 e. The molecule has 2 heterocycles. The summed E-state index contributed by atoms with van der Waals surface area (Å²) >= 11 is 0. The molecule has 1 atom stereocenters.